The summed E-state index contributed by atoms with van der Waals surface area (Å²) in [5.74, 6) is 0.667. The summed E-state index contributed by atoms with van der Waals surface area (Å²) in [5.41, 5.74) is 0.338. The average molecular weight is 330 g/mol. The molecule has 1 aromatic carbocycles. The molecular weight excluding hydrogens is 314 g/mol. The van der Waals surface area contributed by atoms with Crippen LogP contribution in [0.3, 0.4) is 0 Å². The molecule has 1 unspecified atom stereocenters. The summed E-state index contributed by atoms with van der Waals surface area (Å²) in [4.78, 5) is 10.6. The van der Waals surface area contributed by atoms with Crippen LogP contribution in [0.5, 0.6) is 5.75 Å². The Morgan fingerprint density at radius 2 is 2.26 bits per heavy atom. The molecule has 19 heavy (non-hydrogen) atoms. The quantitative estimate of drug-likeness (QED) is 0.661. The van der Waals surface area contributed by atoms with E-state index < -0.39 is 11.0 Å². The Kier molecular flexibility index (Phi) is 4.42. The third kappa shape index (κ3) is 3.25. The van der Waals surface area contributed by atoms with Gasteiger partial charge in [0.25, 0.3) is 0 Å². The molecule has 6 heteroatoms. The Labute approximate surface area is 119 Å². The standard InChI is InChI=1S/C13H16BrNO4/c1-8(16)11-5-10(14)6-12(15(17)18)13(11)19-7-9-3-2-4-9/h5-6,8-9,16H,2-4,7H2,1H3. The molecule has 1 N–H and O–H groups in total. The van der Waals surface area contributed by atoms with E-state index in [1.165, 1.54) is 12.5 Å². The van der Waals surface area contributed by atoms with Gasteiger partial charge in [0.2, 0.25) is 5.75 Å². The number of hydrogen-bond acceptors (Lipinski definition) is 4. The van der Waals surface area contributed by atoms with Crippen LogP contribution in [0, 0.1) is 16.0 Å². The molecule has 1 aliphatic rings. The van der Waals surface area contributed by atoms with Crippen molar-refractivity contribution in [3.63, 3.8) is 0 Å². The van der Waals surface area contributed by atoms with Crippen LogP contribution in [0.1, 0.15) is 37.9 Å². The molecule has 104 valence electrons. The molecule has 0 spiro atoms. The van der Waals surface area contributed by atoms with Gasteiger partial charge in [0.1, 0.15) is 0 Å². The highest BCUT2D eigenvalue weighted by Crippen LogP contribution is 2.39. The number of ether oxygens (including phenoxy) is 1. The molecule has 0 amide bonds. The van der Waals surface area contributed by atoms with Gasteiger partial charge >= 0.3 is 5.69 Å². The Morgan fingerprint density at radius 3 is 2.74 bits per heavy atom. The fraction of sp³-hybridized carbons (Fsp3) is 0.538. The zero-order valence-electron chi connectivity index (χ0n) is 10.6. The van der Waals surface area contributed by atoms with Crippen molar-refractivity contribution < 1.29 is 14.8 Å². The van der Waals surface area contributed by atoms with Gasteiger partial charge in [-0.1, -0.05) is 22.4 Å². The second kappa shape index (κ2) is 5.88. The Hall–Kier alpha value is -1.14. The SMILES string of the molecule is CC(O)c1cc(Br)cc([N+](=O)[O-])c1OCC1CCC1. The lowest BCUT2D eigenvalue weighted by Crippen LogP contribution is -2.20. The lowest BCUT2D eigenvalue weighted by Gasteiger charge is -2.25. The first-order valence-electron chi connectivity index (χ1n) is 6.27. The first-order valence-corrected chi connectivity index (χ1v) is 7.07. The van der Waals surface area contributed by atoms with Crippen LogP contribution in [0.15, 0.2) is 16.6 Å². The van der Waals surface area contributed by atoms with Crippen molar-refractivity contribution in [1.29, 1.82) is 0 Å². The predicted molar refractivity (Wildman–Crippen MR) is 74.3 cm³/mol. The van der Waals surface area contributed by atoms with Crippen LogP contribution in [0.2, 0.25) is 0 Å². The van der Waals surface area contributed by atoms with Crippen LogP contribution in [-0.2, 0) is 0 Å². The summed E-state index contributed by atoms with van der Waals surface area (Å²) in [6.07, 6.45) is 2.59. The molecule has 0 bridgehead atoms. The molecule has 0 heterocycles. The molecule has 1 saturated carbocycles. The van der Waals surface area contributed by atoms with E-state index in [-0.39, 0.29) is 11.4 Å². The van der Waals surface area contributed by atoms with Gasteiger partial charge < -0.3 is 9.84 Å². The van der Waals surface area contributed by atoms with Crippen LogP contribution < -0.4 is 4.74 Å². The van der Waals surface area contributed by atoms with E-state index in [1.807, 2.05) is 0 Å². The average Bonchev–Trinajstić information content (AvgIpc) is 2.27. The first-order chi connectivity index (χ1) is 8.99. The maximum Gasteiger partial charge on any atom is 0.312 e. The number of rotatable bonds is 5. The van der Waals surface area contributed by atoms with Crippen molar-refractivity contribution in [2.45, 2.75) is 32.3 Å². The van der Waals surface area contributed by atoms with Gasteiger partial charge in [-0.15, -0.1) is 0 Å². The highest BCUT2D eigenvalue weighted by atomic mass is 79.9. The van der Waals surface area contributed by atoms with Crippen molar-refractivity contribution in [3.05, 3.63) is 32.3 Å². The van der Waals surface area contributed by atoms with E-state index in [2.05, 4.69) is 15.9 Å². The third-order valence-electron chi connectivity index (χ3n) is 3.40. The minimum atomic E-state index is -0.812. The summed E-state index contributed by atoms with van der Waals surface area (Å²) in [7, 11) is 0. The molecular formula is C13H16BrNO4. The number of halogens is 1. The predicted octanol–water partition coefficient (Wildman–Crippen LogP) is 3.59. The van der Waals surface area contributed by atoms with Crippen molar-refractivity contribution in [2.24, 2.45) is 5.92 Å². The molecule has 1 fully saturated rings. The van der Waals surface area contributed by atoms with Gasteiger partial charge in [-0.3, -0.25) is 10.1 Å². The first kappa shape index (κ1) is 14.3. The normalized spacial score (nSPS) is 16.8. The second-order valence-corrected chi connectivity index (χ2v) is 5.80. The largest absolute Gasteiger partial charge is 0.486 e. The number of hydrogen-bond donors (Lipinski definition) is 1. The summed E-state index contributed by atoms with van der Waals surface area (Å²) in [6.45, 7) is 2.05. The van der Waals surface area contributed by atoms with Crippen molar-refractivity contribution in [3.8, 4) is 5.75 Å². The number of nitro benzene ring substituents is 1. The highest BCUT2D eigenvalue weighted by Gasteiger charge is 2.25. The van der Waals surface area contributed by atoms with E-state index in [4.69, 9.17) is 4.74 Å². The number of nitro groups is 1. The number of nitrogens with zero attached hydrogens (tertiary/aromatic N) is 1. The zero-order chi connectivity index (χ0) is 14.0. The minimum Gasteiger partial charge on any atom is -0.486 e. The van der Waals surface area contributed by atoms with Gasteiger partial charge in [0.15, 0.2) is 0 Å². The summed E-state index contributed by atoms with van der Waals surface area (Å²) < 4.78 is 6.19. The van der Waals surface area contributed by atoms with Gasteiger partial charge in [0, 0.05) is 16.1 Å². The number of aliphatic hydroxyl groups is 1. The maximum absolute atomic E-state index is 11.1. The third-order valence-corrected chi connectivity index (χ3v) is 3.86. The minimum absolute atomic E-state index is 0.107. The van der Waals surface area contributed by atoms with Crippen LogP contribution in [0.25, 0.3) is 0 Å². The Morgan fingerprint density at radius 1 is 1.58 bits per heavy atom. The van der Waals surface area contributed by atoms with Crippen molar-refractivity contribution in [2.75, 3.05) is 6.61 Å². The van der Waals surface area contributed by atoms with E-state index >= 15 is 0 Å². The van der Waals surface area contributed by atoms with E-state index in [9.17, 15) is 15.2 Å². The highest BCUT2D eigenvalue weighted by molar-refractivity contribution is 9.10. The lowest BCUT2D eigenvalue weighted by molar-refractivity contribution is -0.386. The van der Waals surface area contributed by atoms with Crippen molar-refractivity contribution in [1.82, 2.24) is 0 Å². The van der Waals surface area contributed by atoms with Gasteiger partial charge in [-0.25, -0.2) is 0 Å². The summed E-state index contributed by atoms with van der Waals surface area (Å²) >= 11 is 3.22. The van der Waals surface area contributed by atoms with E-state index in [0.717, 1.165) is 12.8 Å². The number of aliphatic hydroxyl groups excluding tert-OH is 1. The van der Waals surface area contributed by atoms with Gasteiger partial charge in [-0.05, 0) is 31.7 Å². The second-order valence-electron chi connectivity index (χ2n) is 4.88. The zero-order valence-corrected chi connectivity index (χ0v) is 12.2. The summed E-state index contributed by atoms with van der Waals surface area (Å²) in [6, 6.07) is 3.07. The van der Waals surface area contributed by atoms with Gasteiger partial charge in [-0.2, -0.15) is 0 Å². The lowest BCUT2D eigenvalue weighted by atomic mass is 9.86. The van der Waals surface area contributed by atoms with Crippen LogP contribution >= 0.6 is 15.9 Å². The van der Waals surface area contributed by atoms with E-state index in [0.29, 0.717) is 22.6 Å². The van der Waals surface area contributed by atoms with Gasteiger partial charge in [0.05, 0.1) is 17.6 Å². The maximum atomic E-state index is 11.1. The Balaban J connectivity index is 2.32. The number of benzene rings is 1. The Bertz CT molecular complexity index is 486. The molecule has 1 aliphatic carbocycles. The van der Waals surface area contributed by atoms with Crippen LogP contribution in [-0.4, -0.2) is 16.6 Å². The molecule has 0 aromatic heterocycles. The fourth-order valence-electron chi connectivity index (χ4n) is 2.06. The molecule has 2 rings (SSSR count). The van der Waals surface area contributed by atoms with Crippen LogP contribution in [0.4, 0.5) is 5.69 Å². The monoisotopic (exact) mass is 329 g/mol. The molecule has 1 atom stereocenters. The molecule has 0 aliphatic heterocycles. The molecule has 0 radical (unpaired) electrons. The topological polar surface area (TPSA) is 72.6 Å². The fourth-order valence-corrected chi connectivity index (χ4v) is 2.53. The molecule has 0 saturated heterocycles. The molecule has 1 aromatic rings. The summed E-state index contributed by atoms with van der Waals surface area (Å²) in [5, 5.41) is 20.8. The van der Waals surface area contributed by atoms with Crippen molar-refractivity contribution >= 4 is 21.6 Å². The smallest absolute Gasteiger partial charge is 0.312 e. The molecule has 5 nitrogen and oxygen atoms in total. The van der Waals surface area contributed by atoms with E-state index in [1.54, 1.807) is 13.0 Å².